The third-order valence-electron chi connectivity index (χ3n) is 2.97. The molecule has 1 amide bonds. The molecule has 1 saturated heterocycles. The maximum Gasteiger partial charge on any atom is 0.424 e. The molecule has 1 aliphatic heterocycles. The summed E-state index contributed by atoms with van der Waals surface area (Å²) >= 11 is 0. The minimum Gasteiger partial charge on any atom is -0.463 e. The molecule has 2 rings (SSSR count). The van der Waals surface area contributed by atoms with E-state index in [0.717, 1.165) is 5.56 Å². The van der Waals surface area contributed by atoms with Gasteiger partial charge in [0.1, 0.15) is 19.3 Å². The van der Waals surface area contributed by atoms with E-state index in [1.165, 1.54) is 19.1 Å². The van der Waals surface area contributed by atoms with Crippen molar-refractivity contribution in [3.8, 4) is 0 Å². The fourth-order valence-electron chi connectivity index (χ4n) is 1.90. The number of ether oxygens (including phenoxy) is 2. The molecule has 0 radical (unpaired) electrons. The quantitative estimate of drug-likeness (QED) is 0.772. The normalized spacial score (nSPS) is 18.5. The third kappa shape index (κ3) is 3.15. The van der Waals surface area contributed by atoms with Gasteiger partial charge in [0.2, 0.25) is 0 Å². The first-order valence-corrected chi connectivity index (χ1v) is 7.67. The van der Waals surface area contributed by atoms with Crippen molar-refractivity contribution >= 4 is 22.1 Å². The topological polar surface area (TPSA) is 90.0 Å². The number of hydrogen-bond acceptors (Lipinski definition) is 6. The van der Waals surface area contributed by atoms with Crippen molar-refractivity contribution in [2.45, 2.75) is 24.8 Å². The first-order valence-electron chi connectivity index (χ1n) is 6.23. The summed E-state index contributed by atoms with van der Waals surface area (Å²) in [6, 6.07) is 5.25. The van der Waals surface area contributed by atoms with Gasteiger partial charge in [-0.1, -0.05) is 17.7 Å². The van der Waals surface area contributed by atoms with Crippen molar-refractivity contribution in [1.82, 2.24) is 4.31 Å². The van der Waals surface area contributed by atoms with E-state index < -0.39 is 28.1 Å². The fraction of sp³-hybridized carbons (Fsp3) is 0.385. The average Bonchev–Trinajstić information content (AvgIpc) is 2.78. The second kappa shape index (κ2) is 5.72. The smallest absolute Gasteiger partial charge is 0.424 e. The molecular weight excluding hydrogens is 298 g/mol. The van der Waals surface area contributed by atoms with Crippen molar-refractivity contribution in [2.75, 3.05) is 13.2 Å². The summed E-state index contributed by atoms with van der Waals surface area (Å²) in [4.78, 5) is 22.5. The van der Waals surface area contributed by atoms with Gasteiger partial charge in [0.15, 0.2) is 0 Å². The van der Waals surface area contributed by atoms with Gasteiger partial charge in [0.05, 0.1) is 4.90 Å². The van der Waals surface area contributed by atoms with E-state index in [2.05, 4.69) is 0 Å². The molecule has 0 aliphatic carbocycles. The average molecular weight is 313 g/mol. The van der Waals surface area contributed by atoms with E-state index in [1.807, 2.05) is 6.92 Å². The summed E-state index contributed by atoms with van der Waals surface area (Å²) in [6.07, 6.45) is -0.965. The van der Waals surface area contributed by atoms with Crippen molar-refractivity contribution in [3.63, 3.8) is 0 Å². The lowest BCUT2D eigenvalue weighted by atomic mass is 10.2. The lowest BCUT2D eigenvalue weighted by Gasteiger charge is -2.20. The maximum absolute atomic E-state index is 12.5. The molecule has 1 heterocycles. The highest BCUT2D eigenvalue weighted by Crippen LogP contribution is 2.24. The molecule has 1 aromatic carbocycles. The van der Waals surface area contributed by atoms with E-state index in [4.69, 9.17) is 9.47 Å². The molecule has 114 valence electrons. The lowest BCUT2D eigenvalue weighted by Crippen LogP contribution is -2.41. The predicted octanol–water partition coefficient (Wildman–Crippen LogP) is 1.07. The highest BCUT2D eigenvalue weighted by molar-refractivity contribution is 7.89. The molecule has 21 heavy (non-hydrogen) atoms. The van der Waals surface area contributed by atoms with Crippen LogP contribution in [0.4, 0.5) is 4.79 Å². The number of rotatable bonds is 4. The molecule has 1 aliphatic rings. The fourth-order valence-corrected chi connectivity index (χ4v) is 3.37. The summed E-state index contributed by atoms with van der Waals surface area (Å²) in [7, 11) is -4.03. The lowest BCUT2D eigenvalue weighted by molar-refractivity contribution is -0.141. The van der Waals surface area contributed by atoms with Crippen molar-refractivity contribution in [2.24, 2.45) is 0 Å². The molecule has 0 saturated carbocycles. The number of carbonyl (C=O) groups is 2. The number of carbonyl (C=O) groups excluding carboxylic acids is 2. The number of nitrogens with zero attached hydrogens (tertiary/aromatic N) is 1. The summed E-state index contributed by atoms with van der Waals surface area (Å²) in [5.74, 6) is -0.554. The van der Waals surface area contributed by atoms with Crippen LogP contribution in [-0.2, 0) is 24.3 Å². The number of benzene rings is 1. The van der Waals surface area contributed by atoms with E-state index >= 15 is 0 Å². The molecule has 0 N–H and O–H groups in total. The monoisotopic (exact) mass is 313 g/mol. The van der Waals surface area contributed by atoms with Crippen LogP contribution in [-0.4, -0.2) is 44.0 Å². The van der Waals surface area contributed by atoms with E-state index in [-0.39, 0.29) is 18.1 Å². The van der Waals surface area contributed by atoms with Crippen LogP contribution in [0.15, 0.2) is 29.2 Å². The molecule has 0 spiro atoms. The summed E-state index contributed by atoms with van der Waals surface area (Å²) in [6.45, 7) is 2.66. The Kier molecular flexibility index (Phi) is 4.17. The summed E-state index contributed by atoms with van der Waals surface area (Å²) in [5.41, 5.74) is 0.898. The Morgan fingerprint density at radius 3 is 2.57 bits per heavy atom. The SMILES string of the molecule is CC(=O)OCC1COC(=O)N1S(=O)(=O)c1ccc(C)cc1. The van der Waals surface area contributed by atoms with Gasteiger partial charge in [-0.25, -0.2) is 13.2 Å². The summed E-state index contributed by atoms with van der Waals surface area (Å²) < 4.78 is 35.2. The zero-order valence-corrected chi connectivity index (χ0v) is 12.4. The van der Waals surface area contributed by atoms with Gasteiger partial charge in [0, 0.05) is 6.92 Å². The second-order valence-corrected chi connectivity index (χ2v) is 6.46. The Labute approximate surface area is 122 Å². The van der Waals surface area contributed by atoms with Crippen LogP contribution in [0.2, 0.25) is 0 Å². The van der Waals surface area contributed by atoms with Gasteiger partial charge < -0.3 is 9.47 Å². The Balaban J connectivity index is 2.29. The predicted molar refractivity (Wildman–Crippen MR) is 72.0 cm³/mol. The van der Waals surface area contributed by atoms with Crippen LogP contribution in [0.25, 0.3) is 0 Å². The van der Waals surface area contributed by atoms with Gasteiger partial charge in [-0.2, -0.15) is 4.31 Å². The van der Waals surface area contributed by atoms with Crippen LogP contribution in [0.5, 0.6) is 0 Å². The highest BCUT2D eigenvalue weighted by Gasteiger charge is 2.43. The van der Waals surface area contributed by atoms with E-state index in [9.17, 15) is 18.0 Å². The van der Waals surface area contributed by atoms with Gasteiger partial charge in [-0.15, -0.1) is 0 Å². The van der Waals surface area contributed by atoms with E-state index in [1.54, 1.807) is 12.1 Å². The van der Waals surface area contributed by atoms with Crippen LogP contribution in [0.3, 0.4) is 0 Å². The molecule has 0 bridgehead atoms. The standard InChI is InChI=1S/C13H15NO6S/c1-9-3-5-12(6-4-9)21(17,18)14-11(7-19-10(2)15)8-20-13(14)16/h3-6,11H,7-8H2,1-2H3. The zero-order chi connectivity index (χ0) is 15.6. The number of amides is 1. The molecule has 7 nitrogen and oxygen atoms in total. The van der Waals surface area contributed by atoms with Crippen LogP contribution >= 0.6 is 0 Å². The largest absolute Gasteiger partial charge is 0.463 e. The second-order valence-electron chi connectivity index (χ2n) is 4.65. The highest BCUT2D eigenvalue weighted by atomic mass is 32.2. The third-order valence-corrected chi connectivity index (χ3v) is 4.80. The van der Waals surface area contributed by atoms with Gasteiger partial charge in [-0.05, 0) is 19.1 Å². The minimum atomic E-state index is -4.03. The van der Waals surface area contributed by atoms with Crippen LogP contribution in [0, 0.1) is 6.92 Å². The number of cyclic esters (lactones) is 1. The Morgan fingerprint density at radius 2 is 2.00 bits per heavy atom. The maximum atomic E-state index is 12.5. The van der Waals surface area contributed by atoms with Gasteiger partial charge >= 0.3 is 12.1 Å². The first kappa shape index (κ1) is 15.3. The van der Waals surface area contributed by atoms with Crippen LogP contribution in [0.1, 0.15) is 12.5 Å². The minimum absolute atomic E-state index is 0.0141. The Morgan fingerprint density at radius 1 is 1.38 bits per heavy atom. The van der Waals surface area contributed by atoms with Crippen LogP contribution < -0.4 is 0 Å². The van der Waals surface area contributed by atoms with Gasteiger partial charge in [-0.3, -0.25) is 4.79 Å². The summed E-state index contributed by atoms with van der Waals surface area (Å²) in [5, 5.41) is 0. The number of sulfonamides is 1. The van der Waals surface area contributed by atoms with Crippen molar-refractivity contribution in [1.29, 1.82) is 0 Å². The zero-order valence-electron chi connectivity index (χ0n) is 11.6. The number of aryl methyl sites for hydroxylation is 1. The molecule has 0 aromatic heterocycles. The molecule has 1 unspecified atom stereocenters. The number of hydrogen-bond donors (Lipinski definition) is 0. The van der Waals surface area contributed by atoms with Gasteiger partial charge in [0.25, 0.3) is 10.0 Å². The van der Waals surface area contributed by atoms with E-state index in [0.29, 0.717) is 4.31 Å². The first-order chi connectivity index (χ1) is 9.82. The molecule has 1 aromatic rings. The molecule has 1 atom stereocenters. The molecule has 1 fully saturated rings. The molecular formula is C13H15NO6S. The Bertz CT molecular complexity index is 652. The van der Waals surface area contributed by atoms with Crippen molar-refractivity contribution < 1.29 is 27.5 Å². The Hall–Kier alpha value is -2.09. The molecule has 8 heteroatoms. The number of esters is 1. The van der Waals surface area contributed by atoms with Crippen molar-refractivity contribution in [3.05, 3.63) is 29.8 Å².